The van der Waals surface area contributed by atoms with Crippen molar-refractivity contribution < 1.29 is 19.4 Å². The number of carbonyl (C=O) groups is 1. The molecule has 2 N–H and O–H groups in total. The molecule has 0 saturated carbocycles. The molecule has 0 fully saturated rings. The average molecular weight is 396 g/mol. The number of nitrogens with zero attached hydrogens (tertiary/aromatic N) is 1. The van der Waals surface area contributed by atoms with Crippen LogP contribution in [0.1, 0.15) is 21.5 Å². The van der Waals surface area contributed by atoms with E-state index >= 15 is 0 Å². The second-order valence-electron chi connectivity index (χ2n) is 6.73. The molecule has 29 heavy (non-hydrogen) atoms. The monoisotopic (exact) mass is 396 g/mol. The maximum Gasteiger partial charge on any atom is 0.254 e. The third-order valence-electron chi connectivity index (χ3n) is 4.74. The minimum Gasteiger partial charge on any atom is -0.493 e. The minimum atomic E-state index is -0.302. The number of rotatable bonds is 7. The largest absolute Gasteiger partial charge is 0.493 e. The predicted octanol–water partition coefficient (Wildman–Crippen LogP) is 2.49. The number of H-pyrrole nitrogens is 1. The highest BCUT2D eigenvalue weighted by Crippen LogP contribution is 2.31. The number of carbonyl (C=O) groups excluding carboxylic acids is 1. The van der Waals surface area contributed by atoms with E-state index in [9.17, 15) is 14.7 Å². The first-order valence-electron chi connectivity index (χ1n) is 9.21. The van der Waals surface area contributed by atoms with Crippen LogP contribution in [0.15, 0.2) is 47.3 Å². The normalized spacial score (nSPS) is 10.8. The van der Waals surface area contributed by atoms with Crippen molar-refractivity contribution in [1.82, 2.24) is 9.88 Å². The Hall–Kier alpha value is -3.32. The average Bonchev–Trinajstić information content (AvgIpc) is 2.73. The molecule has 7 heteroatoms. The highest BCUT2D eigenvalue weighted by Gasteiger charge is 2.18. The number of methoxy groups -OCH3 is 2. The number of ether oxygens (including phenoxy) is 2. The molecule has 1 amide bonds. The van der Waals surface area contributed by atoms with Gasteiger partial charge in [-0.3, -0.25) is 9.59 Å². The van der Waals surface area contributed by atoms with E-state index in [1.807, 2.05) is 19.1 Å². The molecule has 0 spiro atoms. The Bertz CT molecular complexity index is 1070. The summed E-state index contributed by atoms with van der Waals surface area (Å²) in [5.74, 6) is 0.812. The maximum absolute atomic E-state index is 12.9. The Labute approximate surface area is 168 Å². The molecule has 3 rings (SSSR count). The Morgan fingerprint density at radius 3 is 2.34 bits per heavy atom. The van der Waals surface area contributed by atoms with Crippen molar-refractivity contribution in [3.05, 3.63) is 69.5 Å². The minimum absolute atomic E-state index is 0.0763. The maximum atomic E-state index is 12.9. The smallest absolute Gasteiger partial charge is 0.254 e. The van der Waals surface area contributed by atoms with Crippen molar-refractivity contribution >= 4 is 16.8 Å². The number of fused-ring (bicyclic) bond motifs is 1. The SMILES string of the molecule is COc1cc2cc(CN(CCO)C(=O)c3ccc(C)cc3)c(=O)[nH]c2cc1OC. The van der Waals surface area contributed by atoms with E-state index in [-0.39, 0.29) is 31.2 Å². The molecular weight excluding hydrogens is 372 g/mol. The van der Waals surface area contributed by atoms with Crippen LogP contribution < -0.4 is 15.0 Å². The summed E-state index contributed by atoms with van der Waals surface area (Å²) in [5, 5.41) is 10.2. The van der Waals surface area contributed by atoms with E-state index in [4.69, 9.17) is 9.47 Å². The Morgan fingerprint density at radius 2 is 1.72 bits per heavy atom. The molecule has 1 heterocycles. The lowest BCUT2D eigenvalue weighted by Gasteiger charge is -2.22. The van der Waals surface area contributed by atoms with Crippen LogP contribution in [-0.4, -0.2) is 48.3 Å². The summed E-state index contributed by atoms with van der Waals surface area (Å²) in [6, 6.07) is 12.4. The molecule has 0 radical (unpaired) electrons. The summed E-state index contributed by atoms with van der Waals surface area (Å²) in [7, 11) is 3.07. The zero-order valence-electron chi connectivity index (χ0n) is 16.7. The third kappa shape index (κ3) is 4.41. The Kier molecular flexibility index (Phi) is 6.19. The number of nitrogens with one attached hydrogen (secondary N) is 1. The van der Waals surface area contributed by atoms with Crippen LogP contribution in [0.3, 0.4) is 0 Å². The summed E-state index contributed by atoms with van der Waals surface area (Å²) < 4.78 is 10.6. The van der Waals surface area contributed by atoms with E-state index < -0.39 is 0 Å². The first-order chi connectivity index (χ1) is 14.0. The standard InChI is InChI=1S/C22H24N2O5/c1-14-4-6-15(7-5-14)22(27)24(8-9-25)13-17-10-16-11-19(28-2)20(29-3)12-18(16)23-21(17)26/h4-7,10-12,25H,8-9,13H2,1-3H3,(H,23,26). The number of amides is 1. The van der Waals surface area contributed by atoms with E-state index in [1.54, 1.807) is 37.4 Å². The zero-order valence-corrected chi connectivity index (χ0v) is 16.7. The number of hydrogen-bond donors (Lipinski definition) is 2. The molecule has 0 saturated heterocycles. The van der Waals surface area contributed by atoms with Gasteiger partial charge in [0.15, 0.2) is 11.5 Å². The van der Waals surface area contributed by atoms with Crippen LogP contribution in [0.5, 0.6) is 11.5 Å². The Morgan fingerprint density at radius 1 is 1.07 bits per heavy atom. The van der Waals surface area contributed by atoms with Crippen LogP contribution in [0.25, 0.3) is 10.9 Å². The predicted molar refractivity (Wildman–Crippen MR) is 111 cm³/mol. The van der Waals surface area contributed by atoms with Crippen molar-refractivity contribution in [2.75, 3.05) is 27.4 Å². The number of aromatic nitrogens is 1. The fourth-order valence-corrected chi connectivity index (χ4v) is 3.15. The number of aryl methyl sites for hydroxylation is 1. The van der Waals surface area contributed by atoms with Crippen molar-refractivity contribution in [2.45, 2.75) is 13.5 Å². The lowest BCUT2D eigenvalue weighted by molar-refractivity contribution is 0.0707. The van der Waals surface area contributed by atoms with Gasteiger partial charge in [-0.2, -0.15) is 0 Å². The zero-order chi connectivity index (χ0) is 21.0. The Balaban J connectivity index is 1.96. The van der Waals surface area contributed by atoms with Crippen LogP contribution >= 0.6 is 0 Å². The molecule has 0 bridgehead atoms. The first-order valence-corrected chi connectivity index (χ1v) is 9.21. The van der Waals surface area contributed by atoms with Gasteiger partial charge in [0.05, 0.1) is 32.9 Å². The van der Waals surface area contributed by atoms with Gasteiger partial charge in [-0.25, -0.2) is 0 Å². The highest BCUT2D eigenvalue weighted by molar-refractivity contribution is 5.94. The molecule has 0 aliphatic rings. The molecule has 0 aliphatic heterocycles. The molecule has 152 valence electrons. The second-order valence-corrected chi connectivity index (χ2v) is 6.73. The van der Waals surface area contributed by atoms with E-state index in [2.05, 4.69) is 4.98 Å². The molecule has 0 aliphatic carbocycles. The van der Waals surface area contributed by atoms with Crippen molar-refractivity contribution in [3.8, 4) is 11.5 Å². The van der Waals surface area contributed by atoms with Gasteiger partial charge in [0.2, 0.25) is 0 Å². The van der Waals surface area contributed by atoms with Gasteiger partial charge in [-0.1, -0.05) is 17.7 Å². The van der Waals surface area contributed by atoms with Crippen molar-refractivity contribution in [3.63, 3.8) is 0 Å². The van der Waals surface area contributed by atoms with Gasteiger partial charge >= 0.3 is 0 Å². The molecule has 0 atom stereocenters. The van der Waals surface area contributed by atoms with Crippen LogP contribution in [0.4, 0.5) is 0 Å². The summed E-state index contributed by atoms with van der Waals surface area (Å²) in [4.78, 5) is 29.8. The number of pyridine rings is 1. The fourth-order valence-electron chi connectivity index (χ4n) is 3.15. The number of hydrogen-bond acceptors (Lipinski definition) is 5. The van der Waals surface area contributed by atoms with Gasteiger partial charge in [0.25, 0.3) is 11.5 Å². The number of benzene rings is 2. The lowest BCUT2D eigenvalue weighted by atomic mass is 10.1. The highest BCUT2D eigenvalue weighted by atomic mass is 16.5. The van der Waals surface area contributed by atoms with Crippen LogP contribution in [0.2, 0.25) is 0 Å². The quantitative estimate of drug-likeness (QED) is 0.640. The lowest BCUT2D eigenvalue weighted by Crippen LogP contribution is -2.35. The van der Waals surface area contributed by atoms with Gasteiger partial charge < -0.3 is 24.5 Å². The van der Waals surface area contributed by atoms with Gasteiger partial charge in [0, 0.05) is 29.1 Å². The van der Waals surface area contributed by atoms with Crippen molar-refractivity contribution in [1.29, 1.82) is 0 Å². The molecule has 3 aromatic rings. The summed E-state index contributed by atoms with van der Waals surface area (Å²) in [6.45, 7) is 1.94. The third-order valence-corrected chi connectivity index (χ3v) is 4.74. The van der Waals surface area contributed by atoms with Gasteiger partial charge in [0.1, 0.15) is 0 Å². The number of aliphatic hydroxyl groups is 1. The fraction of sp³-hybridized carbons (Fsp3) is 0.273. The number of aliphatic hydroxyl groups excluding tert-OH is 1. The topological polar surface area (TPSA) is 91.9 Å². The first kappa shape index (κ1) is 20.4. The van der Waals surface area contributed by atoms with Crippen LogP contribution in [0, 0.1) is 6.92 Å². The molecule has 0 unspecified atom stereocenters. The second kappa shape index (κ2) is 8.79. The summed E-state index contributed by atoms with van der Waals surface area (Å²) in [5.41, 5.74) is 2.27. The molecular formula is C22H24N2O5. The van der Waals surface area contributed by atoms with E-state index in [1.165, 1.54) is 12.0 Å². The molecule has 1 aromatic heterocycles. The van der Waals surface area contributed by atoms with Gasteiger partial charge in [-0.05, 0) is 31.2 Å². The van der Waals surface area contributed by atoms with E-state index in [0.29, 0.717) is 28.1 Å². The van der Waals surface area contributed by atoms with Crippen LogP contribution in [-0.2, 0) is 6.54 Å². The van der Waals surface area contributed by atoms with Crippen molar-refractivity contribution in [2.24, 2.45) is 0 Å². The van der Waals surface area contributed by atoms with E-state index in [0.717, 1.165) is 10.9 Å². The molecule has 7 nitrogen and oxygen atoms in total. The van der Waals surface area contributed by atoms with Gasteiger partial charge in [-0.15, -0.1) is 0 Å². The summed E-state index contributed by atoms with van der Waals surface area (Å²) in [6.07, 6.45) is 0. The number of aromatic amines is 1. The summed E-state index contributed by atoms with van der Waals surface area (Å²) >= 11 is 0. The molecule has 2 aromatic carbocycles.